The third-order valence-electron chi connectivity index (χ3n) is 12.5. The van der Waals surface area contributed by atoms with Gasteiger partial charge in [-0.2, -0.15) is 0 Å². The summed E-state index contributed by atoms with van der Waals surface area (Å²) >= 11 is 0. The molecule has 6 rings (SSSR count). The maximum Gasteiger partial charge on any atom is 0.331 e. The molecule has 4 aliphatic carbocycles. The van der Waals surface area contributed by atoms with Gasteiger partial charge in [-0.1, -0.05) is 13.8 Å². The normalized spacial score (nSPS) is 46.8. The third kappa shape index (κ3) is 3.80. The second-order valence-corrected chi connectivity index (χ2v) is 13.8. The molecule has 0 aromatic heterocycles. The van der Waals surface area contributed by atoms with Gasteiger partial charge in [0.2, 0.25) is 0 Å². The molecule has 4 saturated carbocycles. The highest BCUT2D eigenvalue weighted by molar-refractivity contribution is 5.85. The number of esters is 1. The molecular weight excluding hydrogens is 482 g/mol. The van der Waals surface area contributed by atoms with Crippen molar-refractivity contribution >= 4 is 12.0 Å². The number of amides is 2. The molecule has 2 aliphatic heterocycles. The van der Waals surface area contributed by atoms with E-state index in [-0.39, 0.29) is 47.8 Å². The summed E-state index contributed by atoms with van der Waals surface area (Å²) in [6.07, 6.45) is 9.18. The van der Waals surface area contributed by atoms with Gasteiger partial charge >= 0.3 is 12.0 Å². The number of urea groups is 1. The lowest BCUT2D eigenvalue weighted by Gasteiger charge is -2.65. The van der Waals surface area contributed by atoms with Gasteiger partial charge in [-0.05, 0) is 99.0 Å². The van der Waals surface area contributed by atoms with Crippen LogP contribution in [-0.2, 0) is 9.53 Å². The van der Waals surface area contributed by atoms with Gasteiger partial charge in [0.15, 0.2) is 0 Å². The Bertz CT molecular complexity index is 994. The van der Waals surface area contributed by atoms with Crippen molar-refractivity contribution < 1.29 is 24.5 Å². The highest BCUT2D eigenvalue weighted by Crippen LogP contribution is 2.70. The molecule has 212 valence electrons. The maximum absolute atomic E-state index is 13.3. The van der Waals surface area contributed by atoms with E-state index in [1.54, 1.807) is 6.08 Å². The molecule has 6 aliphatic rings. The van der Waals surface area contributed by atoms with Gasteiger partial charge in [-0.25, -0.2) is 9.59 Å². The molecule has 38 heavy (non-hydrogen) atoms. The molecule has 5 fully saturated rings. The summed E-state index contributed by atoms with van der Waals surface area (Å²) in [5, 5.41) is 27.6. The Morgan fingerprint density at radius 1 is 1.11 bits per heavy atom. The summed E-state index contributed by atoms with van der Waals surface area (Å²) in [7, 11) is 1.99. The first-order valence-electron chi connectivity index (χ1n) is 15.1. The fourth-order valence-corrected chi connectivity index (χ4v) is 10.1. The first kappa shape index (κ1) is 26.6. The minimum absolute atomic E-state index is 0.0231. The number of rotatable bonds is 2. The van der Waals surface area contributed by atoms with Gasteiger partial charge < -0.3 is 30.1 Å². The topological polar surface area (TPSA) is 102 Å². The van der Waals surface area contributed by atoms with E-state index in [0.717, 1.165) is 76.7 Å². The van der Waals surface area contributed by atoms with Crippen LogP contribution >= 0.6 is 0 Å². The average Bonchev–Trinajstić information content (AvgIpc) is 3.31. The molecule has 8 heteroatoms. The minimum Gasteiger partial charge on any atom is -0.458 e. The summed E-state index contributed by atoms with van der Waals surface area (Å²) in [4.78, 5) is 29.2. The van der Waals surface area contributed by atoms with E-state index in [1.807, 2.05) is 16.8 Å². The van der Waals surface area contributed by atoms with Crippen LogP contribution in [0.15, 0.2) is 11.6 Å². The zero-order chi connectivity index (χ0) is 26.9. The largest absolute Gasteiger partial charge is 0.458 e. The molecule has 8 nitrogen and oxygen atoms in total. The first-order chi connectivity index (χ1) is 18.1. The van der Waals surface area contributed by atoms with E-state index in [1.165, 1.54) is 0 Å². The predicted molar refractivity (Wildman–Crippen MR) is 143 cm³/mol. The van der Waals surface area contributed by atoms with Crippen LogP contribution < -0.4 is 5.32 Å². The standard InChI is InChI=1S/C30H47N3O5/c1-28-9-7-21(32(3)27(36)33-13-4-11-31-12-14-33)16-20(28)5-6-23-24(28)17-25(34)29(2)22(8-10-30(23,29)37)19-15-26(35)38-18-19/h15,20-25,31,34,37H,4-14,16-18H2,1-3H3/t20-,21+,22-,23-,24+,25-,28+,29+,30+/m1/s1. The highest BCUT2D eigenvalue weighted by Gasteiger charge is 2.70. The number of nitrogens with zero attached hydrogens (tertiary/aromatic N) is 2. The van der Waals surface area contributed by atoms with Gasteiger partial charge in [0, 0.05) is 44.2 Å². The summed E-state index contributed by atoms with van der Waals surface area (Å²) in [6, 6.07) is 0.410. The van der Waals surface area contributed by atoms with E-state index in [4.69, 9.17) is 4.74 Å². The predicted octanol–water partition coefficient (Wildman–Crippen LogP) is 2.93. The van der Waals surface area contributed by atoms with Gasteiger partial charge in [0.25, 0.3) is 0 Å². The van der Waals surface area contributed by atoms with Crippen molar-refractivity contribution in [1.29, 1.82) is 0 Å². The molecule has 2 amide bonds. The van der Waals surface area contributed by atoms with E-state index >= 15 is 0 Å². The summed E-state index contributed by atoms with van der Waals surface area (Å²) in [6.45, 7) is 8.19. The lowest BCUT2D eigenvalue weighted by Crippen LogP contribution is -2.67. The third-order valence-corrected chi connectivity index (χ3v) is 12.5. The first-order valence-corrected chi connectivity index (χ1v) is 15.1. The quantitative estimate of drug-likeness (QED) is 0.476. The van der Waals surface area contributed by atoms with Gasteiger partial charge in [-0.3, -0.25) is 0 Å². The number of carbonyl (C=O) groups is 2. The Hall–Kier alpha value is -1.64. The Labute approximate surface area is 227 Å². The molecule has 0 unspecified atom stereocenters. The molecule has 2 heterocycles. The van der Waals surface area contributed by atoms with Crippen molar-refractivity contribution in [3.05, 3.63) is 11.6 Å². The van der Waals surface area contributed by atoms with Gasteiger partial charge in [0.1, 0.15) is 6.61 Å². The van der Waals surface area contributed by atoms with Crippen LogP contribution in [0.25, 0.3) is 0 Å². The maximum atomic E-state index is 13.3. The minimum atomic E-state index is -0.940. The second-order valence-electron chi connectivity index (χ2n) is 13.8. The number of carbonyl (C=O) groups excluding carboxylic acids is 2. The fourth-order valence-electron chi connectivity index (χ4n) is 10.1. The molecule has 0 spiro atoms. The zero-order valence-corrected chi connectivity index (χ0v) is 23.5. The Kier molecular flexibility index (Phi) is 6.63. The summed E-state index contributed by atoms with van der Waals surface area (Å²) < 4.78 is 5.23. The van der Waals surface area contributed by atoms with Crippen LogP contribution in [0.3, 0.4) is 0 Å². The van der Waals surface area contributed by atoms with E-state index in [2.05, 4.69) is 19.2 Å². The Morgan fingerprint density at radius 3 is 2.68 bits per heavy atom. The number of hydrogen-bond acceptors (Lipinski definition) is 6. The van der Waals surface area contributed by atoms with Crippen LogP contribution in [0.1, 0.15) is 71.6 Å². The fraction of sp³-hybridized carbons (Fsp3) is 0.867. The Morgan fingerprint density at radius 2 is 1.92 bits per heavy atom. The van der Waals surface area contributed by atoms with E-state index in [0.29, 0.717) is 18.8 Å². The van der Waals surface area contributed by atoms with Gasteiger partial charge in [-0.15, -0.1) is 0 Å². The van der Waals surface area contributed by atoms with Crippen molar-refractivity contribution in [3.63, 3.8) is 0 Å². The number of aliphatic hydroxyl groups excluding tert-OH is 1. The number of hydrogen-bond donors (Lipinski definition) is 3. The van der Waals surface area contributed by atoms with E-state index in [9.17, 15) is 19.8 Å². The molecule has 1 saturated heterocycles. The van der Waals surface area contributed by atoms with Gasteiger partial charge in [0.05, 0.1) is 11.7 Å². The van der Waals surface area contributed by atoms with Crippen LogP contribution in [0, 0.1) is 34.5 Å². The highest BCUT2D eigenvalue weighted by atomic mass is 16.5. The molecule has 0 bridgehead atoms. The number of cyclic esters (lactones) is 1. The van der Waals surface area contributed by atoms with E-state index < -0.39 is 17.1 Å². The van der Waals surface area contributed by atoms with Crippen molar-refractivity contribution in [2.24, 2.45) is 34.5 Å². The lowest BCUT2D eigenvalue weighted by atomic mass is 9.42. The van der Waals surface area contributed by atoms with Crippen molar-refractivity contribution in [2.45, 2.75) is 89.4 Å². The van der Waals surface area contributed by atoms with Crippen molar-refractivity contribution in [3.8, 4) is 0 Å². The smallest absolute Gasteiger partial charge is 0.331 e. The molecule has 0 aromatic carbocycles. The molecule has 3 N–H and O–H groups in total. The lowest BCUT2D eigenvalue weighted by molar-refractivity contribution is -0.243. The van der Waals surface area contributed by atoms with Crippen LogP contribution in [-0.4, -0.2) is 89.6 Å². The van der Waals surface area contributed by atoms with Crippen LogP contribution in [0.2, 0.25) is 0 Å². The number of nitrogens with one attached hydrogen (secondary N) is 1. The Balaban J connectivity index is 1.19. The SMILES string of the molecule is CN(C(=O)N1CCCNCC1)[C@H]1CC[C@@]2(C)[C@H](CC[C@@H]3[C@@H]2C[C@@H](O)[C@]2(C)[C@@H](C4=CC(=O)OC4)CC[C@]32O)C1. The molecular formula is C30H47N3O5. The number of ether oxygens (including phenoxy) is 1. The number of fused-ring (bicyclic) bond motifs is 5. The molecule has 9 atom stereocenters. The molecule has 0 radical (unpaired) electrons. The average molecular weight is 530 g/mol. The number of aliphatic hydroxyl groups is 2. The molecule has 0 aromatic rings. The summed E-state index contributed by atoms with van der Waals surface area (Å²) in [5.74, 6) is 0.584. The summed E-state index contributed by atoms with van der Waals surface area (Å²) in [5.41, 5.74) is -0.606. The second kappa shape index (κ2) is 9.48. The van der Waals surface area contributed by atoms with Crippen LogP contribution in [0.5, 0.6) is 0 Å². The van der Waals surface area contributed by atoms with Crippen molar-refractivity contribution in [2.75, 3.05) is 39.8 Å². The monoisotopic (exact) mass is 529 g/mol. The zero-order valence-electron chi connectivity index (χ0n) is 23.5. The van der Waals surface area contributed by atoms with Crippen LogP contribution in [0.4, 0.5) is 4.79 Å². The van der Waals surface area contributed by atoms with Crippen molar-refractivity contribution in [1.82, 2.24) is 15.1 Å².